The number of aromatic nitrogens is 3. The van der Waals surface area contributed by atoms with Gasteiger partial charge in [0.15, 0.2) is 0 Å². The molecule has 1 aliphatic rings. The Labute approximate surface area is 85.8 Å². The first-order valence-corrected chi connectivity index (χ1v) is 5.76. The molecule has 74 valence electrons. The molecule has 2 aromatic heterocycles. The van der Waals surface area contributed by atoms with Gasteiger partial charge in [0.25, 0.3) is 0 Å². The molecular formula is C9H12N4S. The average Bonchev–Trinajstić information content (AvgIpc) is 2.77. The zero-order valence-corrected chi connectivity index (χ0v) is 8.68. The second-order valence-electron chi connectivity index (χ2n) is 3.60. The van der Waals surface area contributed by atoms with E-state index in [1.165, 1.54) is 29.8 Å². The minimum Gasteiger partial charge on any atom is -0.330 e. The third kappa shape index (κ3) is 1.02. The highest BCUT2D eigenvalue weighted by atomic mass is 32.1. The Hall–Kier alpha value is -0.940. The van der Waals surface area contributed by atoms with Crippen LogP contribution in [0, 0.1) is 0 Å². The van der Waals surface area contributed by atoms with Crippen LogP contribution in [0.25, 0.3) is 4.96 Å². The minimum absolute atomic E-state index is 0.644. The molecule has 2 N–H and O–H groups in total. The molecule has 0 fully saturated rings. The molecule has 0 saturated heterocycles. The van der Waals surface area contributed by atoms with Crippen LogP contribution in [0.3, 0.4) is 0 Å². The van der Waals surface area contributed by atoms with E-state index in [2.05, 4.69) is 14.6 Å². The molecule has 0 unspecified atom stereocenters. The average molecular weight is 208 g/mol. The summed E-state index contributed by atoms with van der Waals surface area (Å²) in [7, 11) is 0. The van der Waals surface area contributed by atoms with Crippen LogP contribution in [0.5, 0.6) is 0 Å². The van der Waals surface area contributed by atoms with Crippen molar-refractivity contribution in [1.29, 1.82) is 0 Å². The van der Waals surface area contributed by atoms with Crippen molar-refractivity contribution >= 4 is 16.3 Å². The van der Waals surface area contributed by atoms with Gasteiger partial charge in [0.1, 0.15) is 5.82 Å². The number of nitrogens with two attached hydrogens (primary N) is 1. The normalized spacial score (nSPS) is 15.2. The Morgan fingerprint density at radius 1 is 1.36 bits per heavy atom. The summed E-state index contributed by atoms with van der Waals surface area (Å²) in [4.78, 5) is 2.53. The SMILES string of the molecule is NCCc1nnc2sc3c(n12)CCC3. The maximum Gasteiger partial charge on any atom is 0.216 e. The predicted octanol–water partition coefficient (Wildman–Crippen LogP) is 0.781. The summed E-state index contributed by atoms with van der Waals surface area (Å²) in [5.74, 6) is 1.03. The molecule has 2 heterocycles. The maximum atomic E-state index is 5.55. The second-order valence-corrected chi connectivity index (χ2v) is 4.66. The van der Waals surface area contributed by atoms with Crippen molar-refractivity contribution in [2.75, 3.05) is 6.54 Å². The number of aryl methyl sites for hydroxylation is 2. The van der Waals surface area contributed by atoms with Crippen LogP contribution in [-0.4, -0.2) is 21.1 Å². The molecule has 2 aromatic rings. The van der Waals surface area contributed by atoms with Crippen LogP contribution >= 0.6 is 11.3 Å². The van der Waals surface area contributed by atoms with Gasteiger partial charge in [-0.25, -0.2) is 0 Å². The number of nitrogens with zero attached hydrogens (tertiary/aromatic N) is 3. The van der Waals surface area contributed by atoms with Gasteiger partial charge in [-0.05, 0) is 25.8 Å². The molecule has 5 heteroatoms. The van der Waals surface area contributed by atoms with E-state index < -0.39 is 0 Å². The molecule has 0 amide bonds. The topological polar surface area (TPSA) is 56.2 Å². The third-order valence-electron chi connectivity index (χ3n) is 2.69. The van der Waals surface area contributed by atoms with E-state index in [9.17, 15) is 0 Å². The smallest absolute Gasteiger partial charge is 0.216 e. The number of hydrogen-bond donors (Lipinski definition) is 1. The molecule has 14 heavy (non-hydrogen) atoms. The Morgan fingerprint density at radius 2 is 2.29 bits per heavy atom. The zero-order valence-electron chi connectivity index (χ0n) is 7.86. The van der Waals surface area contributed by atoms with Crippen LogP contribution in [0.4, 0.5) is 0 Å². The second kappa shape index (κ2) is 3.03. The minimum atomic E-state index is 0.644. The monoisotopic (exact) mass is 208 g/mol. The van der Waals surface area contributed by atoms with Gasteiger partial charge in [-0.1, -0.05) is 11.3 Å². The fraction of sp³-hybridized carbons (Fsp3) is 0.556. The molecular weight excluding hydrogens is 196 g/mol. The number of fused-ring (bicyclic) bond motifs is 3. The van der Waals surface area contributed by atoms with Crippen molar-refractivity contribution in [2.45, 2.75) is 25.7 Å². The fourth-order valence-corrected chi connectivity index (χ4v) is 3.25. The van der Waals surface area contributed by atoms with Gasteiger partial charge in [0, 0.05) is 17.0 Å². The lowest BCUT2D eigenvalue weighted by molar-refractivity contribution is 0.819. The molecule has 0 aliphatic heterocycles. The summed E-state index contributed by atoms with van der Waals surface area (Å²) < 4.78 is 2.21. The van der Waals surface area contributed by atoms with Gasteiger partial charge < -0.3 is 5.73 Å². The summed E-state index contributed by atoms with van der Waals surface area (Å²) in [6.45, 7) is 0.644. The summed E-state index contributed by atoms with van der Waals surface area (Å²) >= 11 is 1.78. The van der Waals surface area contributed by atoms with Gasteiger partial charge in [0.05, 0.1) is 0 Å². The van der Waals surface area contributed by atoms with Gasteiger partial charge in [-0.15, -0.1) is 10.2 Å². The van der Waals surface area contributed by atoms with E-state index in [4.69, 9.17) is 5.73 Å². The van der Waals surface area contributed by atoms with Crippen molar-refractivity contribution in [2.24, 2.45) is 5.73 Å². The van der Waals surface area contributed by atoms with E-state index in [-0.39, 0.29) is 0 Å². The molecule has 0 spiro atoms. The molecule has 1 aliphatic carbocycles. The van der Waals surface area contributed by atoms with Crippen molar-refractivity contribution < 1.29 is 0 Å². The van der Waals surface area contributed by atoms with Gasteiger partial charge in [0.2, 0.25) is 4.96 Å². The van der Waals surface area contributed by atoms with Crippen LogP contribution in [0.15, 0.2) is 0 Å². The third-order valence-corrected chi connectivity index (χ3v) is 3.82. The van der Waals surface area contributed by atoms with Gasteiger partial charge in [-0.3, -0.25) is 4.40 Å². The van der Waals surface area contributed by atoms with Crippen LogP contribution in [0.2, 0.25) is 0 Å². The van der Waals surface area contributed by atoms with Crippen molar-refractivity contribution in [3.8, 4) is 0 Å². The van der Waals surface area contributed by atoms with E-state index in [1.54, 1.807) is 11.3 Å². The van der Waals surface area contributed by atoms with Crippen LogP contribution in [-0.2, 0) is 19.3 Å². The summed E-state index contributed by atoms with van der Waals surface area (Å²) in [6, 6.07) is 0. The first-order chi connectivity index (χ1) is 6.90. The Kier molecular flexibility index (Phi) is 1.81. The first-order valence-electron chi connectivity index (χ1n) is 4.95. The molecule has 4 nitrogen and oxygen atoms in total. The number of hydrogen-bond acceptors (Lipinski definition) is 4. The lowest BCUT2D eigenvalue weighted by Gasteiger charge is -1.97. The van der Waals surface area contributed by atoms with Crippen LogP contribution in [0.1, 0.15) is 22.8 Å². The molecule has 0 bridgehead atoms. The zero-order chi connectivity index (χ0) is 9.54. The summed E-state index contributed by atoms with van der Waals surface area (Å²) in [5.41, 5.74) is 6.98. The highest BCUT2D eigenvalue weighted by Crippen LogP contribution is 2.30. The Balaban J connectivity index is 2.22. The molecule has 0 aromatic carbocycles. The van der Waals surface area contributed by atoms with E-state index in [0.717, 1.165) is 17.2 Å². The lowest BCUT2D eigenvalue weighted by Crippen LogP contribution is -2.07. The molecule has 0 radical (unpaired) electrons. The molecule has 0 saturated carbocycles. The standard InChI is InChI=1S/C9H12N4S/c10-5-4-8-11-12-9-13(8)6-2-1-3-7(6)14-9/h1-5,10H2. The maximum absolute atomic E-state index is 5.55. The van der Waals surface area contributed by atoms with Gasteiger partial charge >= 0.3 is 0 Å². The van der Waals surface area contributed by atoms with Crippen molar-refractivity contribution in [3.63, 3.8) is 0 Å². The fourth-order valence-electron chi connectivity index (χ4n) is 2.09. The number of thiazole rings is 1. The summed E-state index contributed by atoms with van der Waals surface area (Å²) in [5, 5.41) is 8.34. The van der Waals surface area contributed by atoms with Crippen molar-refractivity contribution in [1.82, 2.24) is 14.6 Å². The molecule has 3 rings (SSSR count). The number of rotatable bonds is 2. The quantitative estimate of drug-likeness (QED) is 0.793. The first kappa shape index (κ1) is 8.38. The van der Waals surface area contributed by atoms with Crippen LogP contribution < -0.4 is 5.73 Å². The summed E-state index contributed by atoms with van der Waals surface area (Å²) in [6.07, 6.45) is 4.48. The Bertz CT molecular complexity index is 470. The lowest BCUT2D eigenvalue weighted by atomic mass is 10.3. The largest absolute Gasteiger partial charge is 0.330 e. The highest BCUT2D eigenvalue weighted by Gasteiger charge is 2.20. The molecule has 0 atom stereocenters. The predicted molar refractivity (Wildman–Crippen MR) is 55.6 cm³/mol. The van der Waals surface area contributed by atoms with E-state index >= 15 is 0 Å². The Morgan fingerprint density at radius 3 is 3.14 bits per heavy atom. The van der Waals surface area contributed by atoms with E-state index in [0.29, 0.717) is 6.54 Å². The van der Waals surface area contributed by atoms with E-state index in [1.807, 2.05) is 0 Å². The highest BCUT2D eigenvalue weighted by molar-refractivity contribution is 7.17. The van der Waals surface area contributed by atoms with Crippen molar-refractivity contribution in [3.05, 3.63) is 16.4 Å². The van der Waals surface area contributed by atoms with Gasteiger partial charge in [-0.2, -0.15) is 0 Å².